The van der Waals surface area contributed by atoms with Crippen molar-refractivity contribution in [2.24, 2.45) is 0 Å². The molecule has 0 amide bonds. The molecule has 1 heterocycles. The third-order valence-electron chi connectivity index (χ3n) is 2.79. The first-order valence-corrected chi connectivity index (χ1v) is 6.77. The highest BCUT2D eigenvalue weighted by atomic mass is 32.1. The number of nitrogens with one attached hydrogen (secondary N) is 1. The molecule has 0 aliphatic rings. The zero-order valence-electron chi connectivity index (χ0n) is 10.9. The Morgan fingerprint density at radius 1 is 1.00 bits per heavy atom. The molecule has 2 heteroatoms. The van der Waals surface area contributed by atoms with Crippen LogP contribution in [0.15, 0.2) is 30.3 Å². The fourth-order valence-electron chi connectivity index (χ4n) is 2.07. The van der Waals surface area contributed by atoms with Crippen molar-refractivity contribution in [3.05, 3.63) is 51.2 Å². The smallest absolute Gasteiger partial charge is 0.0578 e. The Hall–Kier alpha value is -1.28. The Kier molecular flexibility index (Phi) is 3.53. The predicted octanol–water partition coefficient (Wildman–Crippen LogP) is 4.85. The van der Waals surface area contributed by atoms with E-state index >= 15 is 0 Å². The Labute approximate surface area is 108 Å². The van der Waals surface area contributed by atoms with Crippen LogP contribution in [0.25, 0.3) is 0 Å². The lowest BCUT2D eigenvalue weighted by Gasteiger charge is -2.15. The zero-order valence-corrected chi connectivity index (χ0v) is 11.7. The monoisotopic (exact) mass is 245 g/mol. The van der Waals surface area contributed by atoms with E-state index in [2.05, 4.69) is 63.3 Å². The van der Waals surface area contributed by atoms with Crippen LogP contribution in [-0.4, -0.2) is 0 Å². The van der Waals surface area contributed by atoms with Crippen molar-refractivity contribution < 1.29 is 0 Å². The molecule has 1 atom stereocenters. The Morgan fingerprint density at radius 2 is 1.65 bits per heavy atom. The molecule has 1 aromatic carbocycles. The van der Waals surface area contributed by atoms with Crippen molar-refractivity contribution >= 4 is 17.0 Å². The quantitative estimate of drug-likeness (QED) is 0.815. The molecule has 1 aromatic heterocycles. The highest BCUT2D eigenvalue weighted by Crippen LogP contribution is 2.26. The second kappa shape index (κ2) is 4.92. The van der Waals surface area contributed by atoms with Crippen LogP contribution in [0.1, 0.15) is 33.8 Å². The summed E-state index contributed by atoms with van der Waals surface area (Å²) in [5, 5.41) is 3.56. The minimum Gasteiger partial charge on any atom is -0.378 e. The molecule has 1 N–H and O–H groups in total. The van der Waals surface area contributed by atoms with Gasteiger partial charge in [-0.3, -0.25) is 0 Å². The van der Waals surface area contributed by atoms with Crippen LogP contribution < -0.4 is 5.32 Å². The minimum atomic E-state index is 0.370. The molecule has 0 saturated carbocycles. The van der Waals surface area contributed by atoms with Gasteiger partial charge in [0.05, 0.1) is 6.04 Å². The first kappa shape index (κ1) is 12.2. The predicted molar refractivity (Wildman–Crippen MR) is 77.0 cm³/mol. The Balaban J connectivity index is 2.15. The maximum atomic E-state index is 3.56. The van der Waals surface area contributed by atoms with E-state index in [1.807, 2.05) is 11.3 Å². The molecular formula is C15H19NS. The summed E-state index contributed by atoms with van der Waals surface area (Å²) in [5.41, 5.74) is 3.82. The Bertz CT molecular complexity index is 493. The standard InChI is InChI=1S/C15H19NS/c1-10-7-11(2)9-14(8-10)16-13(4)15-6-5-12(3)17-15/h5-9,13,16H,1-4H3. The van der Waals surface area contributed by atoms with Gasteiger partial charge in [-0.2, -0.15) is 0 Å². The largest absolute Gasteiger partial charge is 0.378 e. The summed E-state index contributed by atoms with van der Waals surface area (Å²) in [6.07, 6.45) is 0. The fraction of sp³-hybridized carbons (Fsp3) is 0.333. The lowest BCUT2D eigenvalue weighted by Crippen LogP contribution is -2.05. The van der Waals surface area contributed by atoms with Crippen LogP contribution in [0, 0.1) is 20.8 Å². The van der Waals surface area contributed by atoms with Gasteiger partial charge in [-0.05, 0) is 63.1 Å². The molecule has 0 fully saturated rings. The van der Waals surface area contributed by atoms with Gasteiger partial charge < -0.3 is 5.32 Å². The third-order valence-corrected chi connectivity index (χ3v) is 3.98. The number of hydrogen-bond donors (Lipinski definition) is 1. The molecule has 2 aromatic rings. The van der Waals surface area contributed by atoms with Gasteiger partial charge in [-0.25, -0.2) is 0 Å². The zero-order chi connectivity index (χ0) is 12.4. The van der Waals surface area contributed by atoms with Crippen LogP contribution in [0.4, 0.5) is 5.69 Å². The van der Waals surface area contributed by atoms with Gasteiger partial charge >= 0.3 is 0 Å². The van der Waals surface area contributed by atoms with Gasteiger partial charge in [0.25, 0.3) is 0 Å². The van der Waals surface area contributed by atoms with Gasteiger partial charge in [0.15, 0.2) is 0 Å². The third kappa shape index (κ3) is 3.10. The summed E-state index contributed by atoms with van der Waals surface area (Å²) in [7, 11) is 0. The Morgan fingerprint density at radius 3 is 2.18 bits per heavy atom. The topological polar surface area (TPSA) is 12.0 Å². The van der Waals surface area contributed by atoms with Crippen molar-refractivity contribution in [3.8, 4) is 0 Å². The van der Waals surface area contributed by atoms with Crippen LogP contribution in [-0.2, 0) is 0 Å². The van der Waals surface area contributed by atoms with E-state index in [4.69, 9.17) is 0 Å². The normalized spacial score (nSPS) is 12.5. The van der Waals surface area contributed by atoms with Gasteiger partial charge in [-0.1, -0.05) is 6.07 Å². The molecule has 0 radical (unpaired) electrons. The summed E-state index contributed by atoms with van der Waals surface area (Å²) >= 11 is 1.86. The van der Waals surface area contributed by atoms with E-state index < -0.39 is 0 Å². The average Bonchev–Trinajstić information content (AvgIpc) is 2.63. The molecule has 1 unspecified atom stereocenters. The van der Waals surface area contributed by atoms with E-state index in [-0.39, 0.29) is 0 Å². The molecule has 2 rings (SSSR count). The summed E-state index contributed by atoms with van der Waals surface area (Å²) in [5.74, 6) is 0. The van der Waals surface area contributed by atoms with E-state index in [1.54, 1.807) is 0 Å². The van der Waals surface area contributed by atoms with Crippen LogP contribution in [0.3, 0.4) is 0 Å². The molecule has 17 heavy (non-hydrogen) atoms. The van der Waals surface area contributed by atoms with Crippen molar-refractivity contribution in [1.82, 2.24) is 0 Å². The van der Waals surface area contributed by atoms with E-state index in [0.29, 0.717) is 6.04 Å². The van der Waals surface area contributed by atoms with Gasteiger partial charge in [0.1, 0.15) is 0 Å². The minimum absolute atomic E-state index is 0.370. The summed E-state index contributed by atoms with van der Waals surface area (Å²) in [4.78, 5) is 2.76. The number of benzene rings is 1. The maximum Gasteiger partial charge on any atom is 0.0578 e. The average molecular weight is 245 g/mol. The van der Waals surface area contributed by atoms with Gasteiger partial charge in [0, 0.05) is 15.4 Å². The molecule has 0 aliphatic heterocycles. The molecule has 0 aliphatic carbocycles. The fourth-order valence-corrected chi connectivity index (χ4v) is 2.94. The number of anilines is 1. The van der Waals surface area contributed by atoms with Crippen LogP contribution in [0.5, 0.6) is 0 Å². The second-order valence-corrected chi connectivity index (χ2v) is 6.01. The number of rotatable bonds is 3. The highest BCUT2D eigenvalue weighted by molar-refractivity contribution is 7.12. The summed E-state index contributed by atoms with van der Waals surface area (Å²) < 4.78 is 0. The van der Waals surface area contributed by atoms with Crippen LogP contribution in [0.2, 0.25) is 0 Å². The maximum absolute atomic E-state index is 3.56. The van der Waals surface area contributed by atoms with Crippen LogP contribution >= 0.6 is 11.3 Å². The van der Waals surface area contributed by atoms with Crippen molar-refractivity contribution in [1.29, 1.82) is 0 Å². The lowest BCUT2D eigenvalue weighted by molar-refractivity contribution is 0.907. The number of aryl methyl sites for hydroxylation is 3. The van der Waals surface area contributed by atoms with Crippen molar-refractivity contribution in [2.75, 3.05) is 5.32 Å². The van der Waals surface area contributed by atoms with Crippen molar-refractivity contribution in [2.45, 2.75) is 33.7 Å². The second-order valence-electron chi connectivity index (χ2n) is 4.69. The SMILES string of the molecule is Cc1cc(C)cc(NC(C)c2ccc(C)s2)c1. The van der Waals surface area contributed by atoms with E-state index in [9.17, 15) is 0 Å². The van der Waals surface area contributed by atoms with E-state index in [0.717, 1.165) is 0 Å². The first-order chi connectivity index (χ1) is 8.04. The summed E-state index contributed by atoms with van der Waals surface area (Å²) in [6, 6.07) is 11.4. The highest BCUT2D eigenvalue weighted by Gasteiger charge is 2.07. The number of thiophene rings is 1. The molecule has 0 spiro atoms. The number of hydrogen-bond acceptors (Lipinski definition) is 2. The molecule has 0 saturated heterocycles. The first-order valence-electron chi connectivity index (χ1n) is 5.96. The summed E-state index contributed by atoms with van der Waals surface area (Å²) in [6.45, 7) is 8.64. The molecule has 90 valence electrons. The molecule has 0 bridgehead atoms. The molecular weight excluding hydrogens is 226 g/mol. The van der Waals surface area contributed by atoms with Gasteiger partial charge in [-0.15, -0.1) is 11.3 Å². The molecule has 1 nitrogen and oxygen atoms in total. The lowest BCUT2D eigenvalue weighted by atomic mass is 10.1. The van der Waals surface area contributed by atoms with E-state index in [1.165, 1.54) is 26.6 Å². The van der Waals surface area contributed by atoms with Crippen molar-refractivity contribution in [3.63, 3.8) is 0 Å². The van der Waals surface area contributed by atoms with Gasteiger partial charge in [0.2, 0.25) is 0 Å².